The standard InChI is InChI=1S/C49H38N2O/c1-31-18-25-41(33(3)50-31)49-32(2)44-28-39(24-27-47(44)52-49)48-42-17-11-10-12-35(42)23-26-43(48)36-21-19-34(20-22-36)40-29-45(37-13-6-4-7-14-37)51-46(30-40)38-15-8-5-9-16-38/h4-30,32,49H,1-3H3. The van der Waals surface area contributed by atoms with Crippen LogP contribution in [0.25, 0.3) is 66.7 Å². The van der Waals surface area contributed by atoms with Gasteiger partial charge in [0.25, 0.3) is 0 Å². The van der Waals surface area contributed by atoms with Crippen LogP contribution in [0.5, 0.6) is 5.75 Å². The van der Waals surface area contributed by atoms with Crippen LogP contribution in [0.4, 0.5) is 0 Å². The lowest BCUT2D eigenvalue weighted by atomic mass is 9.86. The lowest BCUT2D eigenvalue weighted by Crippen LogP contribution is -2.10. The van der Waals surface area contributed by atoms with Crippen molar-refractivity contribution < 1.29 is 4.74 Å². The van der Waals surface area contributed by atoms with Gasteiger partial charge in [-0.2, -0.15) is 0 Å². The molecule has 0 amide bonds. The highest BCUT2D eigenvalue weighted by atomic mass is 16.5. The van der Waals surface area contributed by atoms with Crippen LogP contribution >= 0.6 is 0 Å². The molecule has 52 heavy (non-hydrogen) atoms. The maximum Gasteiger partial charge on any atom is 0.132 e. The molecule has 0 fully saturated rings. The largest absolute Gasteiger partial charge is 0.485 e. The van der Waals surface area contributed by atoms with Gasteiger partial charge in [0.1, 0.15) is 11.9 Å². The minimum atomic E-state index is -0.0594. The molecule has 6 aromatic carbocycles. The first-order valence-electron chi connectivity index (χ1n) is 18.0. The van der Waals surface area contributed by atoms with Crippen molar-refractivity contribution in [2.45, 2.75) is 32.8 Å². The summed E-state index contributed by atoms with van der Waals surface area (Å²) in [5.41, 5.74) is 15.7. The van der Waals surface area contributed by atoms with E-state index in [1.54, 1.807) is 0 Å². The molecule has 0 radical (unpaired) electrons. The smallest absolute Gasteiger partial charge is 0.132 e. The summed E-state index contributed by atoms with van der Waals surface area (Å²) in [4.78, 5) is 9.82. The average Bonchev–Trinajstić information content (AvgIpc) is 3.52. The minimum absolute atomic E-state index is 0.0594. The van der Waals surface area contributed by atoms with Crippen LogP contribution in [0, 0.1) is 13.8 Å². The molecule has 2 atom stereocenters. The number of rotatable bonds is 6. The Labute approximate surface area is 305 Å². The number of benzene rings is 6. The third kappa shape index (κ3) is 5.75. The third-order valence-electron chi connectivity index (χ3n) is 10.5. The maximum atomic E-state index is 6.60. The third-order valence-corrected chi connectivity index (χ3v) is 10.5. The molecule has 9 rings (SSSR count). The SMILES string of the molecule is Cc1ccc(C2Oc3ccc(-c4c(-c5ccc(-c6cc(-c7ccccc7)nc(-c7ccccc7)c6)cc5)ccc5ccccc45)cc3C2C)c(C)n1. The first kappa shape index (κ1) is 31.6. The van der Waals surface area contributed by atoms with Crippen LogP contribution in [0.15, 0.2) is 164 Å². The second-order valence-electron chi connectivity index (χ2n) is 13.9. The van der Waals surface area contributed by atoms with Gasteiger partial charge in [-0.25, -0.2) is 4.98 Å². The van der Waals surface area contributed by atoms with Crippen LogP contribution in [0.2, 0.25) is 0 Å². The fraction of sp³-hybridized carbons (Fsp3) is 0.102. The van der Waals surface area contributed by atoms with Gasteiger partial charge in [-0.05, 0) is 88.3 Å². The van der Waals surface area contributed by atoms with Gasteiger partial charge in [0.15, 0.2) is 0 Å². The second-order valence-corrected chi connectivity index (χ2v) is 13.9. The Morgan fingerprint density at radius 3 is 1.81 bits per heavy atom. The van der Waals surface area contributed by atoms with E-state index in [1.165, 1.54) is 38.6 Å². The Bertz CT molecular complexity index is 2520. The predicted octanol–water partition coefficient (Wildman–Crippen LogP) is 12.8. The first-order valence-corrected chi connectivity index (χ1v) is 18.0. The van der Waals surface area contributed by atoms with Gasteiger partial charge in [0.05, 0.1) is 11.4 Å². The number of hydrogen-bond donors (Lipinski definition) is 0. The van der Waals surface area contributed by atoms with Crippen molar-refractivity contribution >= 4 is 10.8 Å². The van der Waals surface area contributed by atoms with Crippen LogP contribution in [0.1, 0.15) is 41.5 Å². The van der Waals surface area contributed by atoms with Crippen molar-refractivity contribution in [1.29, 1.82) is 0 Å². The molecular weight excluding hydrogens is 633 g/mol. The first-order chi connectivity index (χ1) is 25.5. The number of aryl methyl sites for hydroxylation is 2. The molecule has 2 aromatic heterocycles. The van der Waals surface area contributed by atoms with Crippen molar-refractivity contribution in [2.24, 2.45) is 0 Å². The van der Waals surface area contributed by atoms with Crippen molar-refractivity contribution in [3.8, 4) is 61.6 Å². The van der Waals surface area contributed by atoms with Crippen LogP contribution < -0.4 is 4.74 Å². The number of ether oxygens (including phenoxy) is 1. The predicted molar refractivity (Wildman–Crippen MR) is 214 cm³/mol. The second kappa shape index (κ2) is 13.1. The molecule has 250 valence electrons. The Balaban J connectivity index is 1.12. The number of fused-ring (bicyclic) bond motifs is 2. The Morgan fingerprint density at radius 1 is 0.481 bits per heavy atom. The molecule has 2 unspecified atom stereocenters. The fourth-order valence-electron chi connectivity index (χ4n) is 7.78. The van der Waals surface area contributed by atoms with Crippen LogP contribution in [-0.4, -0.2) is 9.97 Å². The summed E-state index contributed by atoms with van der Waals surface area (Å²) in [6, 6.07) is 58.5. The Kier molecular flexibility index (Phi) is 7.97. The number of nitrogens with zero attached hydrogens (tertiary/aromatic N) is 2. The van der Waals surface area contributed by atoms with Crippen molar-refractivity contribution in [3.63, 3.8) is 0 Å². The molecule has 0 saturated heterocycles. The summed E-state index contributed by atoms with van der Waals surface area (Å²) >= 11 is 0. The minimum Gasteiger partial charge on any atom is -0.485 e. The topological polar surface area (TPSA) is 35.0 Å². The summed E-state index contributed by atoms with van der Waals surface area (Å²) in [6.07, 6.45) is -0.0594. The highest BCUT2D eigenvalue weighted by Crippen LogP contribution is 2.49. The molecule has 0 spiro atoms. The summed E-state index contributed by atoms with van der Waals surface area (Å²) in [6.45, 7) is 6.39. The molecule has 3 heterocycles. The fourth-order valence-corrected chi connectivity index (χ4v) is 7.78. The van der Waals surface area contributed by atoms with E-state index in [4.69, 9.17) is 14.7 Å². The molecule has 0 aliphatic carbocycles. The molecule has 1 aliphatic heterocycles. The Morgan fingerprint density at radius 2 is 1.12 bits per heavy atom. The zero-order valence-corrected chi connectivity index (χ0v) is 29.5. The molecule has 0 bridgehead atoms. The number of aromatic nitrogens is 2. The highest BCUT2D eigenvalue weighted by Gasteiger charge is 2.34. The van der Waals surface area contributed by atoms with Gasteiger partial charge in [0.2, 0.25) is 0 Å². The van der Waals surface area contributed by atoms with Gasteiger partial charge in [0, 0.05) is 39.6 Å². The van der Waals surface area contributed by atoms with E-state index in [-0.39, 0.29) is 12.0 Å². The van der Waals surface area contributed by atoms with E-state index in [0.29, 0.717) is 0 Å². The summed E-state index contributed by atoms with van der Waals surface area (Å²) in [7, 11) is 0. The summed E-state index contributed by atoms with van der Waals surface area (Å²) in [5.74, 6) is 1.15. The molecule has 1 aliphatic rings. The van der Waals surface area contributed by atoms with Crippen LogP contribution in [0.3, 0.4) is 0 Å². The molecule has 0 N–H and O–H groups in total. The Hall–Kier alpha value is -6.32. The zero-order valence-electron chi connectivity index (χ0n) is 29.5. The van der Waals surface area contributed by atoms with E-state index in [1.807, 2.05) is 19.1 Å². The van der Waals surface area contributed by atoms with Crippen molar-refractivity contribution in [1.82, 2.24) is 9.97 Å². The van der Waals surface area contributed by atoms with E-state index in [2.05, 4.69) is 166 Å². The highest BCUT2D eigenvalue weighted by molar-refractivity contribution is 6.04. The van der Waals surface area contributed by atoms with Gasteiger partial charge < -0.3 is 4.74 Å². The quantitative estimate of drug-likeness (QED) is 0.177. The van der Waals surface area contributed by atoms with Crippen LogP contribution in [-0.2, 0) is 0 Å². The van der Waals surface area contributed by atoms with Crippen molar-refractivity contribution in [2.75, 3.05) is 0 Å². The van der Waals surface area contributed by atoms with Gasteiger partial charge in [-0.15, -0.1) is 0 Å². The van der Waals surface area contributed by atoms with E-state index in [0.717, 1.165) is 56.3 Å². The number of pyridine rings is 2. The number of hydrogen-bond acceptors (Lipinski definition) is 3. The van der Waals surface area contributed by atoms with E-state index in [9.17, 15) is 0 Å². The van der Waals surface area contributed by atoms with Gasteiger partial charge in [-0.3, -0.25) is 4.98 Å². The zero-order chi connectivity index (χ0) is 35.2. The summed E-state index contributed by atoms with van der Waals surface area (Å²) in [5, 5.41) is 2.46. The molecule has 0 saturated carbocycles. The van der Waals surface area contributed by atoms with Crippen molar-refractivity contribution in [3.05, 3.63) is 186 Å². The van der Waals surface area contributed by atoms with E-state index >= 15 is 0 Å². The summed E-state index contributed by atoms with van der Waals surface area (Å²) < 4.78 is 6.60. The molecule has 3 heteroatoms. The lowest BCUT2D eigenvalue weighted by Gasteiger charge is -2.18. The monoisotopic (exact) mass is 670 g/mol. The maximum absolute atomic E-state index is 6.60. The van der Waals surface area contributed by atoms with Gasteiger partial charge in [-0.1, -0.05) is 140 Å². The lowest BCUT2D eigenvalue weighted by molar-refractivity contribution is 0.214. The molecule has 8 aromatic rings. The van der Waals surface area contributed by atoms with Gasteiger partial charge >= 0.3 is 0 Å². The van der Waals surface area contributed by atoms with E-state index < -0.39 is 0 Å². The molecular formula is C49H38N2O. The average molecular weight is 671 g/mol. The normalized spacial score (nSPS) is 15.0. The molecule has 3 nitrogen and oxygen atoms in total.